The van der Waals surface area contributed by atoms with Crippen molar-refractivity contribution < 1.29 is 12.8 Å². The van der Waals surface area contributed by atoms with Gasteiger partial charge in [-0.3, -0.25) is 0 Å². The van der Waals surface area contributed by atoms with Gasteiger partial charge in [0, 0.05) is 18.1 Å². The summed E-state index contributed by atoms with van der Waals surface area (Å²) in [4.78, 5) is 0. The van der Waals surface area contributed by atoms with Gasteiger partial charge in [0.25, 0.3) is 10.0 Å². The van der Waals surface area contributed by atoms with E-state index in [1.807, 2.05) is 6.92 Å². The van der Waals surface area contributed by atoms with Gasteiger partial charge in [0.2, 0.25) is 5.09 Å². The predicted octanol–water partition coefficient (Wildman–Crippen LogP) is 2.73. The van der Waals surface area contributed by atoms with Gasteiger partial charge in [-0.2, -0.15) is 4.31 Å². The molecule has 1 saturated carbocycles. The summed E-state index contributed by atoms with van der Waals surface area (Å²) < 4.78 is 32.4. The van der Waals surface area contributed by atoms with Crippen molar-refractivity contribution >= 4 is 10.0 Å². The highest BCUT2D eigenvalue weighted by molar-refractivity contribution is 7.89. The third-order valence-corrected chi connectivity index (χ3v) is 5.22. The number of nitrogens with zero attached hydrogens (tertiary/aromatic N) is 1. The van der Waals surface area contributed by atoms with Gasteiger partial charge in [0.1, 0.15) is 5.76 Å². The number of sulfonamides is 1. The molecule has 0 unspecified atom stereocenters. The second-order valence-corrected chi connectivity index (χ2v) is 8.49. The summed E-state index contributed by atoms with van der Waals surface area (Å²) in [5.74, 6) is 0.649. The average molecular weight is 314 g/mol. The molecule has 1 fully saturated rings. The second kappa shape index (κ2) is 6.10. The van der Waals surface area contributed by atoms with E-state index in [4.69, 9.17) is 4.42 Å². The molecule has 1 N–H and O–H groups in total. The van der Waals surface area contributed by atoms with Gasteiger partial charge in [-0.05, 0) is 52.2 Å². The number of furan rings is 1. The summed E-state index contributed by atoms with van der Waals surface area (Å²) in [6, 6.07) is 3.47. The lowest BCUT2D eigenvalue weighted by atomic mass is 10.1. The molecule has 0 bridgehead atoms. The van der Waals surface area contributed by atoms with E-state index in [1.54, 1.807) is 16.4 Å². The highest BCUT2D eigenvalue weighted by Crippen LogP contribution is 2.32. The molecule has 0 spiro atoms. The first-order chi connectivity index (χ1) is 9.74. The van der Waals surface area contributed by atoms with Crippen LogP contribution in [0.2, 0.25) is 0 Å². The highest BCUT2D eigenvalue weighted by Gasteiger charge is 2.38. The van der Waals surface area contributed by atoms with Gasteiger partial charge < -0.3 is 9.73 Å². The molecule has 2 rings (SSSR count). The van der Waals surface area contributed by atoms with Crippen LogP contribution in [-0.4, -0.2) is 30.8 Å². The van der Waals surface area contributed by atoms with Crippen LogP contribution in [0.1, 0.15) is 52.7 Å². The average Bonchev–Trinajstić information content (AvgIpc) is 3.08. The van der Waals surface area contributed by atoms with Crippen molar-refractivity contribution in [2.75, 3.05) is 6.54 Å². The van der Waals surface area contributed by atoms with E-state index >= 15 is 0 Å². The Morgan fingerprint density at radius 2 is 2.00 bits per heavy atom. The standard InChI is InChI=1S/C15H26N2O3S/c1-5-10-17(12-6-7-12)21(18,19)14-9-8-13(20-14)11-16-15(2,3)4/h8-9,12,16H,5-7,10-11H2,1-4H3. The molecule has 1 heterocycles. The number of hydrogen-bond donors (Lipinski definition) is 1. The van der Waals surface area contributed by atoms with E-state index in [2.05, 4.69) is 26.1 Å². The van der Waals surface area contributed by atoms with Crippen LogP contribution in [0.4, 0.5) is 0 Å². The summed E-state index contributed by atoms with van der Waals surface area (Å²) in [5.41, 5.74) is -0.0336. The Hall–Kier alpha value is -0.850. The van der Waals surface area contributed by atoms with Gasteiger partial charge in [0.05, 0.1) is 6.54 Å². The minimum Gasteiger partial charge on any atom is -0.447 e. The fourth-order valence-electron chi connectivity index (χ4n) is 2.14. The Morgan fingerprint density at radius 3 is 2.52 bits per heavy atom. The van der Waals surface area contributed by atoms with Gasteiger partial charge in [-0.15, -0.1) is 0 Å². The lowest BCUT2D eigenvalue weighted by Gasteiger charge is -2.20. The van der Waals surface area contributed by atoms with Crippen molar-refractivity contribution in [1.82, 2.24) is 9.62 Å². The minimum absolute atomic E-state index is 0.0336. The molecule has 1 aliphatic carbocycles. The zero-order valence-corrected chi connectivity index (χ0v) is 14.2. The van der Waals surface area contributed by atoms with Gasteiger partial charge in [-0.25, -0.2) is 8.42 Å². The summed E-state index contributed by atoms with van der Waals surface area (Å²) in [5, 5.41) is 3.35. The fourth-order valence-corrected chi connectivity index (χ4v) is 3.85. The van der Waals surface area contributed by atoms with Crippen molar-refractivity contribution in [1.29, 1.82) is 0 Å². The Morgan fingerprint density at radius 1 is 1.33 bits per heavy atom. The Bertz CT molecular complexity index is 568. The molecule has 120 valence electrons. The molecule has 0 amide bonds. The first-order valence-corrected chi connectivity index (χ1v) is 9.03. The van der Waals surface area contributed by atoms with Crippen LogP contribution in [-0.2, 0) is 16.6 Å². The zero-order valence-electron chi connectivity index (χ0n) is 13.3. The Labute approximate surface area is 127 Å². The van der Waals surface area contributed by atoms with Crippen LogP contribution in [0.3, 0.4) is 0 Å². The molecule has 0 radical (unpaired) electrons. The molecule has 0 aliphatic heterocycles. The maximum Gasteiger partial charge on any atom is 0.276 e. The smallest absolute Gasteiger partial charge is 0.276 e. The third kappa shape index (κ3) is 4.31. The maximum atomic E-state index is 12.6. The van der Waals surface area contributed by atoms with Crippen LogP contribution in [0.5, 0.6) is 0 Å². The second-order valence-electron chi connectivity index (χ2n) is 6.67. The molecule has 6 heteroatoms. The van der Waals surface area contributed by atoms with E-state index in [0.29, 0.717) is 18.8 Å². The molecule has 1 aromatic heterocycles. The molecule has 0 atom stereocenters. The quantitative estimate of drug-likeness (QED) is 0.840. The lowest BCUT2D eigenvalue weighted by molar-refractivity contribution is 0.342. The van der Waals surface area contributed by atoms with E-state index in [1.165, 1.54) is 0 Å². The zero-order chi connectivity index (χ0) is 15.7. The number of hydrogen-bond acceptors (Lipinski definition) is 4. The minimum atomic E-state index is -3.49. The number of nitrogens with one attached hydrogen (secondary N) is 1. The molecular formula is C15H26N2O3S. The summed E-state index contributed by atoms with van der Waals surface area (Å²) in [7, 11) is -3.49. The molecule has 0 aromatic carbocycles. The predicted molar refractivity (Wildman–Crippen MR) is 82.5 cm³/mol. The van der Waals surface area contributed by atoms with Crippen LogP contribution < -0.4 is 5.32 Å². The fraction of sp³-hybridized carbons (Fsp3) is 0.733. The highest BCUT2D eigenvalue weighted by atomic mass is 32.2. The summed E-state index contributed by atoms with van der Waals surface area (Å²) >= 11 is 0. The van der Waals surface area contributed by atoms with Crippen molar-refractivity contribution in [2.45, 2.75) is 70.2 Å². The van der Waals surface area contributed by atoms with Crippen molar-refractivity contribution in [3.05, 3.63) is 17.9 Å². The van der Waals surface area contributed by atoms with Crippen LogP contribution in [0.25, 0.3) is 0 Å². The van der Waals surface area contributed by atoms with E-state index in [9.17, 15) is 8.42 Å². The van der Waals surface area contributed by atoms with Crippen molar-refractivity contribution in [3.63, 3.8) is 0 Å². The molecular weight excluding hydrogens is 288 g/mol. The normalized spacial score (nSPS) is 16.6. The molecule has 0 saturated heterocycles. The molecule has 1 aliphatic rings. The lowest BCUT2D eigenvalue weighted by Crippen LogP contribution is -2.35. The van der Waals surface area contributed by atoms with Gasteiger partial charge in [-0.1, -0.05) is 6.92 Å². The van der Waals surface area contributed by atoms with E-state index < -0.39 is 10.0 Å². The maximum absolute atomic E-state index is 12.6. The van der Waals surface area contributed by atoms with E-state index in [-0.39, 0.29) is 16.7 Å². The molecule has 5 nitrogen and oxygen atoms in total. The Kier molecular flexibility index (Phi) is 4.80. The van der Waals surface area contributed by atoms with Crippen molar-refractivity contribution in [3.8, 4) is 0 Å². The third-order valence-electron chi connectivity index (χ3n) is 3.39. The topological polar surface area (TPSA) is 62.6 Å². The molecule has 1 aromatic rings. The van der Waals surface area contributed by atoms with Gasteiger partial charge >= 0.3 is 0 Å². The number of rotatable bonds is 7. The van der Waals surface area contributed by atoms with Crippen LogP contribution in [0, 0.1) is 0 Å². The van der Waals surface area contributed by atoms with Crippen LogP contribution >= 0.6 is 0 Å². The monoisotopic (exact) mass is 314 g/mol. The SMILES string of the molecule is CCCN(C1CC1)S(=O)(=O)c1ccc(CNC(C)(C)C)o1. The summed E-state index contributed by atoms with van der Waals surface area (Å²) in [6.07, 6.45) is 2.73. The summed E-state index contributed by atoms with van der Waals surface area (Å²) in [6.45, 7) is 9.25. The van der Waals surface area contributed by atoms with E-state index in [0.717, 1.165) is 19.3 Å². The van der Waals surface area contributed by atoms with Crippen molar-refractivity contribution in [2.24, 2.45) is 0 Å². The van der Waals surface area contributed by atoms with Gasteiger partial charge in [0.15, 0.2) is 0 Å². The first-order valence-electron chi connectivity index (χ1n) is 7.59. The first kappa shape index (κ1) is 16.5. The van der Waals surface area contributed by atoms with Crippen LogP contribution in [0.15, 0.2) is 21.6 Å². The molecule has 21 heavy (non-hydrogen) atoms. The Balaban J connectivity index is 2.11. The largest absolute Gasteiger partial charge is 0.447 e.